The molecule has 0 saturated heterocycles. The lowest BCUT2D eigenvalue weighted by atomic mass is 10.2. The summed E-state index contributed by atoms with van der Waals surface area (Å²) in [6, 6.07) is 7.75. The fourth-order valence-corrected chi connectivity index (χ4v) is 2.44. The molecule has 21 heavy (non-hydrogen) atoms. The molecule has 1 heterocycles. The van der Waals surface area contributed by atoms with Gasteiger partial charge in [0.05, 0.1) is 12.4 Å². The molecule has 1 atom stereocenters. The monoisotopic (exact) mass is 306 g/mol. The third-order valence-electron chi connectivity index (χ3n) is 2.84. The van der Waals surface area contributed by atoms with Crippen LogP contribution in [-0.4, -0.2) is 44.2 Å². The number of carbonyl (C=O) groups is 1. The van der Waals surface area contributed by atoms with Crippen LogP contribution in [0.5, 0.6) is 0 Å². The first kappa shape index (κ1) is 15.5. The van der Waals surface area contributed by atoms with Gasteiger partial charge in [0.15, 0.2) is 5.16 Å². The molecule has 1 unspecified atom stereocenters. The lowest BCUT2D eigenvalue weighted by molar-refractivity contribution is -0.119. The molecular formula is C14H18N4O2S. The number of aliphatic hydroxyl groups is 1. The second kappa shape index (κ2) is 7.24. The molecule has 0 bridgehead atoms. The van der Waals surface area contributed by atoms with Crippen LogP contribution in [0.1, 0.15) is 12.5 Å². The highest BCUT2D eigenvalue weighted by Crippen LogP contribution is 2.19. The summed E-state index contributed by atoms with van der Waals surface area (Å²) < 4.78 is 1.84. The van der Waals surface area contributed by atoms with Gasteiger partial charge in [0, 0.05) is 11.7 Å². The Morgan fingerprint density at radius 2 is 2.14 bits per heavy atom. The smallest absolute Gasteiger partial charge is 0.230 e. The van der Waals surface area contributed by atoms with E-state index in [1.807, 2.05) is 35.8 Å². The van der Waals surface area contributed by atoms with E-state index in [1.165, 1.54) is 17.3 Å². The van der Waals surface area contributed by atoms with Crippen molar-refractivity contribution < 1.29 is 9.90 Å². The maximum atomic E-state index is 11.7. The van der Waals surface area contributed by atoms with E-state index in [4.69, 9.17) is 5.11 Å². The number of nitrogens with zero attached hydrogens (tertiary/aromatic N) is 3. The Morgan fingerprint density at radius 3 is 2.81 bits per heavy atom. The van der Waals surface area contributed by atoms with E-state index in [0.717, 1.165) is 5.69 Å². The minimum Gasteiger partial charge on any atom is -0.394 e. The fourth-order valence-electron chi connectivity index (χ4n) is 1.70. The van der Waals surface area contributed by atoms with E-state index in [2.05, 4.69) is 15.5 Å². The molecule has 2 rings (SSSR count). The molecule has 0 radical (unpaired) electrons. The lowest BCUT2D eigenvalue weighted by Gasteiger charge is -2.10. The zero-order valence-electron chi connectivity index (χ0n) is 12.0. The molecule has 1 amide bonds. The van der Waals surface area contributed by atoms with Gasteiger partial charge in [-0.1, -0.05) is 29.5 Å². The van der Waals surface area contributed by atoms with Crippen molar-refractivity contribution in [2.45, 2.75) is 25.0 Å². The zero-order chi connectivity index (χ0) is 15.2. The number of hydrogen-bond acceptors (Lipinski definition) is 5. The molecule has 0 saturated carbocycles. The van der Waals surface area contributed by atoms with Gasteiger partial charge in [-0.3, -0.25) is 9.36 Å². The number of nitrogens with one attached hydrogen (secondary N) is 1. The maximum Gasteiger partial charge on any atom is 0.230 e. The Kier molecular flexibility index (Phi) is 5.35. The Bertz CT molecular complexity index is 597. The van der Waals surface area contributed by atoms with Crippen molar-refractivity contribution in [2.24, 2.45) is 0 Å². The molecule has 0 aliphatic rings. The average molecular weight is 306 g/mol. The summed E-state index contributed by atoms with van der Waals surface area (Å²) in [6.45, 7) is 3.70. The van der Waals surface area contributed by atoms with Crippen LogP contribution in [0.2, 0.25) is 0 Å². The van der Waals surface area contributed by atoms with Crippen molar-refractivity contribution in [3.8, 4) is 5.69 Å². The molecule has 0 aliphatic carbocycles. The summed E-state index contributed by atoms with van der Waals surface area (Å²) >= 11 is 1.31. The molecule has 1 aromatic heterocycles. The van der Waals surface area contributed by atoms with Crippen molar-refractivity contribution in [1.82, 2.24) is 20.1 Å². The fraction of sp³-hybridized carbons (Fsp3) is 0.357. The first-order valence-corrected chi connectivity index (χ1v) is 7.59. The minimum absolute atomic E-state index is 0.0735. The maximum absolute atomic E-state index is 11.7. The highest BCUT2D eigenvalue weighted by atomic mass is 32.2. The number of amides is 1. The second-order valence-corrected chi connectivity index (χ2v) is 5.70. The summed E-state index contributed by atoms with van der Waals surface area (Å²) in [5.41, 5.74) is 2.13. The predicted molar refractivity (Wildman–Crippen MR) is 81.5 cm³/mol. The summed E-state index contributed by atoms with van der Waals surface area (Å²) in [5.74, 6) is 0.0922. The Hall–Kier alpha value is -1.86. The highest BCUT2D eigenvalue weighted by molar-refractivity contribution is 7.99. The Balaban J connectivity index is 2.01. The largest absolute Gasteiger partial charge is 0.394 e. The normalized spacial score (nSPS) is 12.1. The topological polar surface area (TPSA) is 80.0 Å². The first-order chi connectivity index (χ1) is 10.1. The second-order valence-electron chi connectivity index (χ2n) is 4.76. The standard InChI is InChI=1S/C14H18N4O2S/c1-10-3-5-12(6-4-10)18-9-15-17-14(18)21-8-13(20)16-11(2)7-19/h3-6,9,11,19H,7-8H2,1-2H3,(H,16,20). The van der Waals surface area contributed by atoms with E-state index >= 15 is 0 Å². The van der Waals surface area contributed by atoms with Gasteiger partial charge < -0.3 is 10.4 Å². The molecule has 2 aromatic rings. The van der Waals surface area contributed by atoms with E-state index in [9.17, 15) is 4.79 Å². The van der Waals surface area contributed by atoms with Crippen molar-refractivity contribution in [3.05, 3.63) is 36.2 Å². The molecule has 0 fully saturated rings. The van der Waals surface area contributed by atoms with Gasteiger partial charge in [-0.2, -0.15) is 0 Å². The molecular weight excluding hydrogens is 288 g/mol. The third-order valence-corrected chi connectivity index (χ3v) is 3.79. The van der Waals surface area contributed by atoms with Crippen LogP contribution in [0, 0.1) is 6.92 Å². The lowest BCUT2D eigenvalue weighted by Crippen LogP contribution is -2.36. The van der Waals surface area contributed by atoms with Gasteiger partial charge >= 0.3 is 0 Å². The van der Waals surface area contributed by atoms with Gasteiger partial charge in [0.1, 0.15) is 6.33 Å². The number of thioether (sulfide) groups is 1. The van der Waals surface area contributed by atoms with Gasteiger partial charge in [-0.25, -0.2) is 0 Å². The van der Waals surface area contributed by atoms with Crippen molar-refractivity contribution in [3.63, 3.8) is 0 Å². The van der Waals surface area contributed by atoms with E-state index in [-0.39, 0.29) is 24.3 Å². The zero-order valence-corrected chi connectivity index (χ0v) is 12.8. The summed E-state index contributed by atoms with van der Waals surface area (Å²) in [5, 5.41) is 20.2. The van der Waals surface area contributed by atoms with Crippen LogP contribution in [0.3, 0.4) is 0 Å². The van der Waals surface area contributed by atoms with Crippen LogP contribution < -0.4 is 5.32 Å². The number of carbonyl (C=O) groups excluding carboxylic acids is 1. The molecule has 0 spiro atoms. The first-order valence-electron chi connectivity index (χ1n) is 6.60. The van der Waals surface area contributed by atoms with E-state index < -0.39 is 0 Å². The van der Waals surface area contributed by atoms with Gasteiger partial charge in [-0.15, -0.1) is 10.2 Å². The van der Waals surface area contributed by atoms with Crippen LogP contribution in [0.15, 0.2) is 35.7 Å². The minimum atomic E-state index is -0.243. The summed E-state index contributed by atoms with van der Waals surface area (Å²) in [6.07, 6.45) is 1.63. The number of aryl methyl sites for hydroxylation is 1. The van der Waals surface area contributed by atoms with Gasteiger partial charge in [0.25, 0.3) is 0 Å². The van der Waals surface area contributed by atoms with Crippen molar-refractivity contribution >= 4 is 17.7 Å². The highest BCUT2D eigenvalue weighted by Gasteiger charge is 2.11. The average Bonchev–Trinajstić information content (AvgIpc) is 2.94. The summed E-state index contributed by atoms with van der Waals surface area (Å²) in [7, 11) is 0. The van der Waals surface area contributed by atoms with Crippen molar-refractivity contribution in [1.29, 1.82) is 0 Å². The molecule has 1 aromatic carbocycles. The van der Waals surface area contributed by atoms with Gasteiger partial charge in [-0.05, 0) is 26.0 Å². The number of rotatable bonds is 6. The number of aliphatic hydroxyl groups excluding tert-OH is 1. The number of hydrogen-bond donors (Lipinski definition) is 2. The number of benzene rings is 1. The van der Waals surface area contributed by atoms with E-state index in [0.29, 0.717) is 5.16 Å². The van der Waals surface area contributed by atoms with Crippen LogP contribution in [0.25, 0.3) is 5.69 Å². The number of aromatic nitrogens is 3. The summed E-state index contributed by atoms with van der Waals surface area (Å²) in [4.78, 5) is 11.7. The predicted octanol–water partition coefficient (Wildman–Crippen LogP) is 1.16. The van der Waals surface area contributed by atoms with Crippen LogP contribution in [0.4, 0.5) is 0 Å². The Morgan fingerprint density at radius 1 is 1.43 bits per heavy atom. The molecule has 7 heteroatoms. The molecule has 6 nitrogen and oxygen atoms in total. The third kappa shape index (κ3) is 4.30. The Labute approximate surface area is 127 Å². The van der Waals surface area contributed by atoms with Crippen LogP contribution in [-0.2, 0) is 4.79 Å². The van der Waals surface area contributed by atoms with Gasteiger partial charge in [0.2, 0.25) is 5.91 Å². The molecule has 0 aliphatic heterocycles. The van der Waals surface area contributed by atoms with Crippen LogP contribution >= 0.6 is 11.8 Å². The van der Waals surface area contributed by atoms with Crippen molar-refractivity contribution in [2.75, 3.05) is 12.4 Å². The molecule has 112 valence electrons. The quantitative estimate of drug-likeness (QED) is 0.783. The van der Waals surface area contributed by atoms with E-state index in [1.54, 1.807) is 13.3 Å². The molecule has 2 N–H and O–H groups in total. The SMILES string of the molecule is Cc1ccc(-n2cnnc2SCC(=O)NC(C)CO)cc1.